The smallest absolute Gasteiger partial charge is 0.0210 e. The third-order valence-corrected chi connectivity index (χ3v) is 5.82. The van der Waals surface area contributed by atoms with Gasteiger partial charge in [0, 0.05) is 4.47 Å². The Balaban J connectivity index is 1.72. The monoisotopic (exact) mass is 307 g/mol. The van der Waals surface area contributed by atoms with Crippen molar-refractivity contribution in [2.24, 2.45) is 23.5 Å². The zero-order chi connectivity index (χ0) is 12.5. The van der Waals surface area contributed by atoms with E-state index in [1.165, 1.54) is 42.1 Å². The molecule has 98 valence electrons. The van der Waals surface area contributed by atoms with Crippen molar-refractivity contribution in [3.63, 3.8) is 0 Å². The van der Waals surface area contributed by atoms with E-state index in [1.54, 1.807) is 0 Å². The first kappa shape index (κ1) is 12.7. The molecule has 0 aliphatic heterocycles. The molecule has 4 unspecified atom stereocenters. The number of hydrogen-bond donors (Lipinski definition) is 1. The Morgan fingerprint density at radius 2 is 2.06 bits per heavy atom. The van der Waals surface area contributed by atoms with E-state index < -0.39 is 0 Å². The average molecular weight is 308 g/mol. The van der Waals surface area contributed by atoms with Crippen LogP contribution in [0.15, 0.2) is 28.7 Å². The van der Waals surface area contributed by atoms with Gasteiger partial charge >= 0.3 is 0 Å². The molecule has 3 rings (SSSR count). The van der Waals surface area contributed by atoms with Crippen molar-refractivity contribution < 1.29 is 0 Å². The van der Waals surface area contributed by atoms with Gasteiger partial charge in [-0.25, -0.2) is 0 Å². The van der Waals surface area contributed by atoms with E-state index in [0.717, 1.165) is 24.3 Å². The second-order valence-corrected chi connectivity index (χ2v) is 6.98. The summed E-state index contributed by atoms with van der Waals surface area (Å²) in [6, 6.07) is 8.58. The predicted molar refractivity (Wildman–Crippen MR) is 79.5 cm³/mol. The van der Waals surface area contributed by atoms with Crippen molar-refractivity contribution in [3.05, 3.63) is 34.3 Å². The molecule has 1 aromatic rings. The second kappa shape index (κ2) is 5.34. The Kier molecular flexibility index (Phi) is 3.76. The van der Waals surface area contributed by atoms with Gasteiger partial charge in [0.2, 0.25) is 0 Å². The van der Waals surface area contributed by atoms with Crippen LogP contribution in [0.5, 0.6) is 0 Å². The highest BCUT2D eigenvalue weighted by Crippen LogP contribution is 2.51. The van der Waals surface area contributed by atoms with Crippen molar-refractivity contribution in [1.29, 1.82) is 0 Å². The van der Waals surface area contributed by atoms with Crippen molar-refractivity contribution in [2.45, 2.75) is 38.0 Å². The molecule has 0 amide bonds. The van der Waals surface area contributed by atoms with Gasteiger partial charge in [-0.15, -0.1) is 0 Å². The molecule has 0 heterocycles. The summed E-state index contributed by atoms with van der Waals surface area (Å²) in [6.07, 6.45) is 7.22. The summed E-state index contributed by atoms with van der Waals surface area (Å²) < 4.78 is 1.23. The van der Waals surface area contributed by atoms with Crippen LogP contribution in [-0.4, -0.2) is 6.54 Å². The number of hydrogen-bond acceptors (Lipinski definition) is 1. The summed E-state index contributed by atoms with van der Waals surface area (Å²) >= 11 is 3.67. The first-order valence-corrected chi connectivity index (χ1v) is 8.01. The summed E-state index contributed by atoms with van der Waals surface area (Å²) in [7, 11) is 0. The maximum absolute atomic E-state index is 6.03. The Morgan fingerprint density at radius 1 is 1.22 bits per heavy atom. The highest BCUT2D eigenvalue weighted by atomic mass is 79.9. The lowest BCUT2D eigenvalue weighted by Crippen LogP contribution is -2.20. The number of halogens is 1. The number of fused-ring (bicyclic) bond motifs is 2. The Hall–Kier alpha value is -0.340. The quantitative estimate of drug-likeness (QED) is 0.881. The largest absolute Gasteiger partial charge is 0.330 e. The van der Waals surface area contributed by atoms with Crippen LogP contribution in [-0.2, 0) is 0 Å². The molecule has 0 saturated heterocycles. The molecule has 2 heteroatoms. The Bertz CT molecular complexity index is 417. The molecule has 2 bridgehead atoms. The molecule has 2 aliphatic carbocycles. The zero-order valence-electron chi connectivity index (χ0n) is 10.8. The molecular weight excluding hydrogens is 286 g/mol. The molecule has 2 fully saturated rings. The van der Waals surface area contributed by atoms with E-state index in [1.807, 2.05) is 0 Å². The lowest BCUT2D eigenvalue weighted by molar-refractivity contribution is 0.295. The standard InChI is InChI=1S/C16H22BrN/c17-16-4-2-1-3-15(16)14(10-18)9-13-8-11-5-6-12(13)7-11/h1-4,11-14H,5-10,18H2. The fourth-order valence-electron chi connectivity index (χ4n) is 4.19. The first-order chi connectivity index (χ1) is 8.78. The molecule has 0 radical (unpaired) electrons. The van der Waals surface area contributed by atoms with Gasteiger partial charge in [-0.3, -0.25) is 0 Å². The fraction of sp³-hybridized carbons (Fsp3) is 0.625. The maximum atomic E-state index is 6.03. The molecule has 18 heavy (non-hydrogen) atoms. The number of rotatable bonds is 4. The van der Waals surface area contributed by atoms with Gasteiger partial charge in [-0.05, 0) is 67.5 Å². The van der Waals surface area contributed by atoms with Crippen molar-refractivity contribution in [1.82, 2.24) is 0 Å². The van der Waals surface area contributed by atoms with Crippen LogP contribution in [0.3, 0.4) is 0 Å². The van der Waals surface area contributed by atoms with Crippen LogP contribution in [0, 0.1) is 17.8 Å². The highest BCUT2D eigenvalue weighted by Gasteiger charge is 2.40. The maximum Gasteiger partial charge on any atom is 0.0210 e. The first-order valence-electron chi connectivity index (χ1n) is 7.22. The van der Waals surface area contributed by atoms with Crippen LogP contribution in [0.4, 0.5) is 0 Å². The lowest BCUT2D eigenvalue weighted by atomic mass is 9.80. The SMILES string of the molecule is NCC(CC1CC2CCC1C2)c1ccccc1Br. The van der Waals surface area contributed by atoms with E-state index in [0.29, 0.717) is 5.92 Å². The van der Waals surface area contributed by atoms with Crippen molar-refractivity contribution in [2.75, 3.05) is 6.54 Å². The topological polar surface area (TPSA) is 26.0 Å². The summed E-state index contributed by atoms with van der Waals surface area (Å²) in [5.74, 6) is 3.51. The molecule has 2 aliphatic rings. The van der Waals surface area contributed by atoms with Crippen LogP contribution in [0.1, 0.15) is 43.6 Å². The van der Waals surface area contributed by atoms with Crippen molar-refractivity contribution in [3.8, 4) is 0 Å². The fourth-order valence-corrected chi connectivity index (χ4v) is 4.80. The molecule has 2 N–H and O–H groups in total. The molecule has 0 spiro atoms. The number of nitrogens with two attached hydrogens (primary N) is 1. The minimum absolute atomic E-state index is 0.532. The van der Waals surface area contributed by atoms with Gasteiger partial charge in [0.25, 0.3) is 0 Å². The Labute approximate surface area is 118 Å². The zero-order valence-corrected chi connectivity index (χ0v) is 12.4. The summed E-state index contributed by atoms with van der Waals surface area (Å²) in [4.78, 5) is 0. The van der Waals surface area contributed by atoms with Gasteiger partial charge in [-0.2, -0.15) is 0 Å². The molecule has 1 aromatic carbocycles. The van der Waals surface area contributed by atoms with Gasteiger partial charge in [-0.1, -0.05) is 40.5 Å². The lowest BCUT2D eigenvalue weighted by Gasteiger charge is -2.26. The van der Waals surface area contributed by atoms with Crippen LogP contribution in [0.2, 0.25) is 0 Å². The van der Waals surface area contributed by atoms with E-state index in [9.17, 15) is 0 Å². The van der Waals surface area contributed by atoms with Crippen LogP contribution < -0.4 is 5.73 Å². The molecule has 4 atom stereocenters. The van der Waals surface area contributed by atoms with Gasteiger partial charge < -0.3 is 5.73 Å². The van der Waals surface area contributed by atoms with Crippen LogP contribution >= 0.6 is 15.9 Å². The summed E-state index contributed by atoms with van der Waals surface area (Å²) in [6.45, 7) is 0.774. The minimum atomic E-state index is 0.532. The third kappa shape index (κ3) is 2.37. The predicted octanol–water partition coefficient (Wildman–Crippen LogP) is 4.32. The molecule has 0 aromatic heterocycles. The Morgan fingerprint density at radius 3 is 2.67 bits per heavy atom. The number of benzene rings is 1. The van der Waals surface area contributed by atoms with E-state index in [-0.39, 0.29) is 0 Å². The minimum Gasteiger partial charge on any atom is -0.330 e. The normalized spacial score (nSPS) is 31.8. The van der Waals surface area contributed by atoms with Gasteiger partial charge in [0.1, 0.15) is 0 Å². The molecule has 1 nitrogen and oxygen atoms in total. The van der Waals surface area contributed by atoms with E-state index >= 15 is 0 Å². The highest BCUT2D eigenvalue weighted by molar-refractivity contribution is 9.10. The average Bonchev–Trinajstić information content (AvgIpc) is 2.99. The summed E-state index contributed by atoms with van der Waals surface area (Å²) in [5, 5.41) is 0. The second-order valence-electron chi connectivity index (χ2n) is 6.12. The van der Waals surface area contributed by atoms with Gasteiger partial charge in [0.15, 0.2) is 0 Å². The molecule has 2 saturated carbocycles. The third-order valence-electron chi connectivity index (χ3n) is 5.10. The van der Waals surface area contributed by atoms with Crippen molar-refractivity contribution >= 4 is 15.9 Å². The summed E-state index contributed by atoms with van der Waals surface area (Å²) in [5.41, 5.74) is 7.43. The van der Waals surface area contributed by atoms with Gasteiger partial charge in [0.05, 0.1) is 0 Å². The van der Waals surface area contributed by atoms with E-state index in [2.05, 4.69) is 40.2 Å². The van der Waals surface area contributed by atoms with E-state index in [4.69, 9.17) is 5.73 Å². The van der Waals surface area contributed by atoms with Crippen LogP contribution in [0.25, 0.3) is 0 Å². The molecular formula is C16H22BrN.